The maximum atomic E-state index is 12.1. The fourth-order valence-electron chi connectivity index (χ4n) is 2.22. The average Bonchev–Trinajstić information content (AvgIpc) is 2.45. The Kier molecular flexibility index (Phi) is 6.14. The second-order valence-corrected chi connectivity index (χ2v) is 6.94. The van der Waals surface area contributed by atoms with Crippen LogP contribution in [-0.4, -0.2) is 61.4 Å². The van der Waals surface area contributed by atoms with Gasteiger partial charge in [-0.1, -0.05) is 0 Å². The highest BCUT2D eigenvalue weighted by atomic mass is 79.9. The summed E-state index contributed by atoms with van der Waals surface area (Å²) in [6.45, 7) is 7.56. The summed E-state index contributed by atoms with van der Waals surface area (Å²) < 4.78 is 6.33. The van der Waals surface area contributed by atoms with E-state index in [1.54, 1.807) is 0 Å². The zero-order valence-electron chi connectivity index (χ0n) is 12.5. The van der Waals surface area contributed by atoms with Crippen LogP contribution in [0.3, 0.4) is 0 Å². The molecule has 0 aromatic carbocycles. The molecule has 0 bridgehead atoms. The standard InChI is InChI=1S/C13H27N2O2.BrH/c1-13(2,3)17-12(16)14-9-7-8-11(14)10-15(4,5)6;/h11H,7-10H2,1-6H3;1H/q+1;/p-1/t11-;/m0./s1. The predicted molar refractivity (Wildman–Crippen MR) is 68.9 cm³/mol. The fraction of sp³-hybridized carbons (Fsp3) is 0.923. The molecule has 0 aromatic heterocycles. The minimum absolute atomic E-state index is 0. The van der Waals surface area contributed by atoms with Gasteiger partial charge >= 0.3 is 6.09 Å². The second-order valence-electron chi connectivity index (χ2n) is 6.94. The number of ether oxygens (including phenoxy) is 1. The molecule has 1 amide bonds. The third kappa shape index (κ3) is 6.05. The van der Waals surface area contributed by atoms with E-state index in [0.29, 0.717) is 6.04 Å². The Bertz CT molecular complexity index is 282. The van der Waals surface area contributed by atoms with E-state index in [2.05, 4.69) is 21.1 Å². The van der Waals surface area contributed by atoms with E-state index in [1.165, 1.54) is 0 Å². The third-order valence-electron chi connectivity index (χ3n) is 2.76. The highest BCUT2D eigenvalue weighted by Crippen LogP contribution is 2.22. The van der Waals surface area contributed by atoms with Crippen LogP contribution in [0.25, 0.3) is 0 Å². The summed E-state index contributed by atoms with van der Waals surface area (Å²) in [6, 6.07) is 0.324. The molecule has 5 heteroatoms. The first kappa shape index (κ1) is 17.7. The second kappa shape index (κ2) is 6.24. The maximum Gasteiger partial charge on any atom is 0.410 e. The molecule has 4 nitrogen and oxygen atoms in total. The van der Waals surface area contributed by atoms with Gasteiger partial charge in [-0.3, -0.25) is 4.90 Å². The topological polar surface area (TPSA) is 29.5 Å². The van der Waals surface area contributed by atoms with Gasteiger partial charge in [0.1, 0.15) is 5.60 Å². The number of nitrogens with zero attached hydrogens (tertiary/aromatic N) is 2. The molecule has 0 unspecified atom stereocenters. The van der Waals surface area contributed by atoms with E-state index < -0.39 is 5.60 Å². The van der Waals surface area contributed by atoms with Crippen LogP contribution in [0.1, 0.15) is 33.6 Å². The van der Waals surface area contributed by atoms with E-state index in [4.69, 9.17) is 4.74 Å². The monoisotopic (exact) mass is 322 g/mol. The lowest BCUT2D eigenvalue weighted by Gasteiger charge is -2.33. The van der Waals surface area contributed by atoms with Crippen molar-refractivity contribution in [2.24, 2.45) is 0 Å². The molecule has 1 heterocycles. The Morgan fingerprint density at radius 1 is 1.33 bits per heavy atom. The largest absolute Gasteiger partial charge is 1.00 e. The van der Waals surface area contributed by atoms with Crippen molar-refractivity contribution < 1.29 is 31.0 Å². The highest BCUT2D eigenvalue weighted by molar-refractivity contribution is 5.68. The number of halogens is 1. The molecule has 18 heavy (non-hydrogen) atoms. The summed E-state index contributed by atoms with van der Waals surface area (Å²) in [6.07, 6.45) is 2.02. The first-order chi connectivity index (χ1) is 7.58. The fourth-order valence-corrected chi connectivity index (χ4v) is 2.22. The summed E-state index contributed by atoms with van der Waals surface area (Å²) in [5, 5.41) is 0. The predicted octanol–water partition coefficient (Wildman–Crippen LogP) is -0.904. The molecule has 0 aliphatic carbocycles. The van der Waals surface area contributed by atoms with E-state index in [0.717, 1.165) is 30.4 Å². The van der Waals surface area contributed by atoms with Gasteiger partial charge < -0.3 is 26.2 Å². The average molecular weight is 323 g/mol. The van der Waals surface area contributed by atoms with Crippen molar-refractivity contribution in [1.82, 2.24) is 4.90 Å². The summed E-state index contributed by atoms with van der Waals surface area (Å²) >= 11 is 0. The van der Waals surface area contributed by atoms with Gasteiger partial charge in [0, 0.05) is 6.54 Å². The number of likely N-dealkylation sites (N-methyl/N-ethyl adjacent to an activating group) is 1. The highest BCUT2D eigenvalue weighted by Gasteiger charge is 2.35. The van der Waals surface area contributed by atoms with Gasteiger partial charge in [0.05, 0.1) is 33.7 Å². The number of amides is 1. The molecular formula is C13H27BrN2O2. The molecule has 0 saturated carbocycles. The summed E-state index contributed by atoms with van der Waals surface area (Å²) in [5.74, 6) is 0. The van der Waals surface area contributed by atoms with Crippen LogP contribution >= 0.6 is 0 Å². The summed E-state index contributed by atoms with van der Waals surface area (Å²) in [4.78, 5) is 14.0. The third-order valence-corrected chi connectivity index (χ3v) is 2.76. The van der Waals surface area contributed by atoms with Gasteiger partial charge in [-0.2, -0.15) is 0 Å². The van der Waals surface area contributed by atoms with Gasteiger partial charge in [-0.15, -0.1) is 0 Å². The minimum atomic E-state index is -0.402. The molecule has 1 saturated heterocycles. The number of carbonyl (C=O) groups excluding carboxylic acids is 1. The first-order valence-electron chi connectivity index (χ1n) is 6.38. The van der Waals surface area contributed by atoms with Crippen molar-refractivity contribution in [2.75, 3.05) is 34.2 Å². The maximum absolute atomic E-state index is 12.1. The Morgan fingerprint density at radius 3 is 2.33 bits per heavy atom. The van der Waals surface area contributed by atoms with Crippen LogP contribution in [0.4, 0.5) is 4.79 Å². The van der Waals surface area contributed by atoms with Crippen molar-refractivity contribution in [3.8, 4) is 0 Å². The van der Waals surface area contributed by atoms with E-state index in [9.17, 15) is 4.79 Å². The normalized spacial score (nSPS) is 20.6. The number of rotatable bonds is 2. The van der Waals surface area contributed by atoms with Crippen LogP contribution in [0, 0.1) is 0 Å². The Morgan fingerprint density at radius 2 is 1.89 bits per heavy atom. The molecular weight excluding hydrogens is 296 g/mol. The molecule has 0 N–H and O–H groups in total. The molecule has 0 spiro atoms. The van der Waals surface area contributed by atoms with Crippen LogP contribution in [-0.2, 0) is 4.74 Å². The van der Waals surface area contributed by atoms with Crippen molar-refractivity contribution >= 4 is 6.09 Å². The number of hydrogen-bond donors (Lipinski definition) is 0. The summed E-state index contributed by atoms with van der Waals surface area (Å²) in [5.41, 5.74) is -0.402. The van der Waals surface area contributed by atoms with Crippen molar-refractivity contribution in [2.45, 2.75) is 45.3 Å². The van der Waals surface area contributed by atoms with E-state index in [-0.39, 0.29) is 23.1 Å². The number of carbonyl (C=O) groups is 1. The van der Waals surface area contributed by atoms with Crippen LogP contribution < -0.4 is 17.0 Å². The molecule has 1 aliphatic rings. The number of likely N-dealkylation sites (tertiary alicyclic amines) is 1. The molecule has 0 radical (unpaired) electrons. The van der Waals surface area contributed by atoms with E-state index in [1.807, 2.05) is 25.7 Å². The molecule has 108 valence electrons. The van der Waals surface area contributed by atoms with Crippen molar-refractivity contribution in [3.05, 3.63) is 0 Å². The van der Waals surface area contributed by atoms with Crippen LogP contribution in [0.15, 0.2) is 0 Å². The Labute approximate surface area is 122 Å². The van der Waals surface area contributed by atoms with Gasteiger partial charge in [-0.05, 0) is 33.6 Å². The molecule has 1 atom stereocenters. The van der Waals surface area contributed by atoms with Gasteiger partial charge in [0.2, 0.25) is 0 Å². The smallest absolute Gasteiger partial charge is 0.410 e. The lowest BCUT2D eigenvalue weighted by atomic mass is 10.2. The van der Waals surface area contributed by atoms with Crippen LogP contribution in [0.5, 0.6) is 0 Å². The zero-order chi connectivity index (χ0) is 13.3. The number of quaternary nitrogens is 1. The molecule has 1 aliphatic heterocycles. The molecule has 1 fully saturated rings. The van der Waals surface area contributed by atoms with Crippen LogP contribution in [0.2, 0.25) is 0 Å². The van der Waals surface area contributed by atoms with Crippen molar-refractivity contribution in [3.63, 3.8) is 0 Å². The zero-order valence-corrected chi connectivity index (χ0v) is 14.1. The Hall–Kier alpha value is -0.290. The lowest BCUT2D eigenvalue weighted by molar-refractivity contribution is -0.872. The van der Waals surface area contributed by atoms with Gasteiger partial charge in [-0.25, -0.2) is 4.79 Å². The molecule has 0 aromatic rings. The van der Waals surface area contributed by atoms with Crippen molar-refractivity contribution in [1.29, 1.82) is 0 Å². The van der Waals surface area contributed by atoms with Gasteiger partial charge in [0.25, 0.3) is 0 Å². The summed E-state index contributed by atoms with van der Waals surface area (Å²) in [7, 11) is 6.47. The van der Waals surface area contributed by atoms with E-state index >= 15 is 0 Å². The quantitative estimate of drug-likeness (QED) is 0.616. The molecule has 1 rings (SSSR count). The number of hydrogen-bond acceptors (Lipinski definition) is 2. The minimum Gasteiger partial charge on any atom is -1.00 e. The van der Waals surface area contributed by atoms with Gasteiger partial charge in [0.15, 0.2) is 0 Å². The lowest BCUT2D eigenvalue weighted by Crippen LogP contribution is -3.00. The Balaban J connectivity index is 0.00000289. The SMILES string of the molecule is CC(C)(C)OC(=O)N1CCC[C@H]1C[N+](C)(C)C.[Br-]. The first-order valence-corrected chi connectivity index (χ1v) is 6.38.